The number of ether oxygens (including phenoxy) is 1. The fraction of sp³-hybridized carbons (Fsp3) is 0.500. The van der Waals surface area contributed by atoms with Gasteiger partial charge in [0, 0.05) is 0 Å². The van der Waals surface area contributed by atoms with Crippen LogP contribution in [-0.4, -0.2) is 26.6 Å². The molecule has 0 saturated carbocycles. The predicted molar refractivity (Wildman–Crippen MR) is 47.2 cm³/mol. The van der Waals surface area contributed by atoms with Gasteiger partial charge in [0.05, 0.1) is 0 Å². The van der Waals surface area contributed by atoms with E-state index in [4.69, 9.17) is 4.74 Å². The molecular formula is C8H16N2O. The third kappa shape index (κ3) is 3.93. The molecule has 0 bridgehead atoms. The lowest BCUT2D eigenvalue weighted by Gasteiger charge is -2.18. The van der Waals surface area contributed by atoms with Crippen LogP contribution in [0, 0.1) is 0 Å². The van der Waals surface area contributed by atoms with Gasteiger partial charge in [-0.1, -0.05) is 13.2 Å². The molecule has 2 N–H and O–H groups in total. The first-order valence-electron chi connectivity index (χ1n) is 3.53. The number of rotatable bonds is 6. The van der Waals surface area contributed by atoms with Crippen LogP contribution >= 0.6 is 0 Å². The summed E-state index contributed by atoms with van der Waals surface area (Å²) in [6, 6.07) is 0. The summed E-state index contributed by atoms with van der Waals surface area (Å²) in [5.41, 5.74) is 0. The summed E-state index contributed by atoms with van der Waals surface area (Å²) in [5, 5.41) is 5.85. The van der Waals surface area contributed by atoms with Gasteiger partial charge in [-0.25, -0.2) is 0 Å². The Kier molecular flexibility index (Phi) is 5.74. The van der Waals surface area contributed by atoms with Crippen molar-refractivity contribution < 1.29 is 4.74 Å². The molecule has 0 aromatic rings. The molecule has 2 unspecified atom stereocenters. The van der Waals surface area contributed by atoms with E-state index in [0.29, 0.717) is 0 Å². The van der Waals surface area contributed by atoms with E-state index in [1.54, 1.807) is 12.2 Å². The van der Waals surface area contributed by atoms with Crippen molar-refractivity contribution in [2.75, 3.05) is 14.1 Å². The molecule has 0 aliphatic carbocycles. The van der Waals surface area contributed by atoms with Crippen molar-refractivity contribution >= 4 is 0 Å². The van der Waals surface area contributed by atoms with E-state index in [-0.39, 0.29) is 12.5 Å². The van der Waals surface area contributed by atoms with Gasteiger partial charge in [-0.15, -0.1) is 0 Å². The Bertz CT molecular complexity index is 111. The SMILES string of the molecule is C=CC(NC)OC(C=C)NC. The molecular weight excluding hydrogens is 140 g/mol. The molecule has 0 aliphatic rings. The van der Waals surface area contributed by atoms with Crippen LogP contribution in [0.25, 0.3) is 0 Å². The van der Waals surface area contributed by atoms with Crippen LogP contribution in [0.4, 0.5) is 0 Å². The molecule has 0 aliphatic heterocycles. The molecule has 11 heavy (non-hydrogen) atoms. The summed E-state index contributed by atoms with van der Waals surface area (Å²) in [5.74, 6) is 0. The number of hydrogen-bond acceptors (Lipinski definition) is 3. The van der Waals surface area contributed by atoms with Crippen molar-refractivity contribution in [1.82, 2.24) is 10.6 Å². The zero-order chi connectivity index (χ0) is 8.69. The van der Waals surface area contributed by atoms with Gasteiger partial charge < -0.3 is 4.74 Å². The van der Waals surface area contributed by atoms with Gasteiger partial charge in [0.1, 0.15) is 12.5 Å². The fourth-order valence-corrected chi connectivity index (χ4v) is 0.641. The monoisotopic (exact) mass is 156 g/mol. The fourth-order valence-electron chi connectivity index (χ4n) is 0.641. The number of hydrogen-bond donors (Lipinski definition) is 2. The molecule has 3 nitrogen and oxygen atoms in total. The Labute approximate surface area is 68.1 Å². The lowest BCUT2D eigenvalue weighted by Crippen LogP contribution is -2.36. The van der Waals surface area contributed by atoms with E-state index in [0.717, 1.165) is 0 Å². The lowest BCUT2D eigenvalue weighted by atomic mass is 10.5. The third-order valence-corrected chi connectivity index (χ3v) is 1.29. The van der Waals surface area contributed by atoms with Crippen LogP contribution in [0.2, 0.25) is 0 Å². The molecule has 3 heteroatoms. The van der Waals surface area contributed by atoms with Crippen molar-refractivity contribution in [3.8, 4) is 0 Å². The van der Waals surface area contributed by atoms with Crippen LogP contribution < -0.4 is 10.6 Å². The predicted octanol–water partition coefficient (Wildman–Crippen LogP) is 0.466. The van der Waals surface area contributed by atoms with Crippen LogP contribution in [-0.2, 0) is 4.74 Å². The normalized spacial score (nSPS) is 15.5. The minimum atomic E-state index is -0.134. The highest BCUT2D eigenvalue weighted by Crippen LogP contribution is 1.93. The number of nitrogens with one attached hydrogen (secondary N) is 2. The molecule has 0 aromatic heterocycles. The number of likely N-dealkylation sites (N-methyl/N-ethyl adjacent to an activating group) is 2. The maximum atomic E-state index is 5.39. The highest BCUT2D eigenvalue weighted by atomic mass is 16.5. The molecule has 0 amide bonds. The first kappa shape index (κ1) is 10.4. The second-order valence-corrected chi connectivity index (χ2v) is 2.03. The molecule has 0 fully saturated rings. The summed E-state index contributed by atoms with van der Waals surface area (Å²) >= 11 is 0. The average molecular weight is 156 g/mol. The Balaban J connectivity index is 3.76. The topological polar surface area (TPSA) is 33.3 Å². The zero-order valence-electron chi connectivity index (χ0n) is 7.13. The molecule has 0 aromatic carbocycles. The van der Waals surface area contributed by atoms with E-state index in [9.17, 15) is 0 Å². The summed E-state index contributed by atoms with van der Waals surface area (Å²) < 4.78 is 5.39. The van der Waals surface area contributed by atoms with Gasteiger partial charge >= 0.3 is 0 Å². The van der Waals surface area contributed by atoms with Crippen molar-refractivity contribution in [2.45, 2.75) is 12.5 Å². The van der Waals surface area contributed by atoms with Crippen LogP contribution in [0.1, 0.15) is 0 Å². The third-order valence-electron chi connectivity index (χ3n) is 1.29. The molecule has 0 radical (unpaired) electrons. The van der Waals surface area contributed by atoms with Crippen LogP contribution in [0.5, 0.6) is 0 Å². The van der Waals surface area contributed by atoms with Gasteiger partial charge in [-0.2, -0.15) is 0 Å². The second-order valence-electron chi connectivity index (χ2n) is 2.03. The first-order valence-corrected chi connectivity index (χ1v) is 3.53. The minimum absolute atomic E-state index is 0.134. The average Bonchev–Trinajstić information content (AvgIpc) is 2.07. The van der Waals surface area contributed by atoms with Crippen molar-refractivity contribution in [2.24, 2.45) is 0 Å². The van der Waals surface area contributed by atoms with E-state index in [1.165, 1.54) is 0 Å². The molecule has 0 saturated heterocycles. The Morgan fingerprint density at radius 1 is 1.09 bits per heavy atom. The standard InChI is InChI=1S/C8H16N2O/c1-5-7(9-3)11-8(6-2)10-4/h5-10H,1-2H2,3-4H3. The van der Waals surface area contributed by atoms with E-state index in [1.807, 2.05) is 14.1 Å². The summed E-state index contributed by atoms with van der Waals surface area (Å²) in [6.45, 7) is 7.21. The molecule has 0 heterocycles. The van der Waals surface area contributed by atoms with E-state index >= 15 is 0 Å². The molecule has 2 atom stereocenters. The lowest BCUT2D eigenvalue weighted by molar-refractivity contribution is 0.0131. The second kappa shape index (κ2) is 6.09. The summed E-state index contributed by atoms with van der Waals surface area (Å²) in [7, 11) is 3.62. The smallest absolute Gasteiger partial charge is 0.129 e. The van der Waals surface area contributed by atoms with Crippen molar-refractivity contribution in [3.63, 3.8) is 0 Å². The van der Waals surface area contributed by atoms with E-state index in [2.05, 4.69) is 23.8 Å². The van der Waals surface area contributed by atoms with Crippen LogP contribution in [0.15, 0.2) is 25.3 Å². The maximum absolute atomic E-state index is 5.39. The zero-order valence-corrected chi connectivity index (χ0v) is 7.13. The largest absolute Gasteiger partial charge is 0.338 e. The van der Waals surface area contributed by atoms with Crippen molar-refractivity contribution in [1.29, 1.82) is 0 Å². The van der Waals surface area contributed by atoms with Gasteiger partial charge in [0.2, 0.25) is 0 Å². The quantitative estimate of drug-likeness (QED) is 0.433. The maximum Gasteiger partial charge on any atom is 0.129 e. The summed E-state index contributed by atoms with van der Waals surface area (Å²) in [4.78, 5) is 0. The Hall–Kier alpha value is -0.640. The highest BCUT2D eigenvalue weighted by Gasteiger charge is 2.05. The Morgan fingerprint density at radius 3 is 1.64 bits per heavy atom. The molecule has 64 valence electrons. The van der Waals surface area contributed by atoms with Crippen LogP contribution in [0.3, 0.4) is 0 Å². The highest BCUT2D eigenvalue weighted by molar-refractivity contribution is 4.82. The first-order chi connectivity index (χ1) is 5.28. The van der Waals surface area contributed by atoms with Gasteiger partial charge in [-0.05, 0) is 26.2 Å². The molecule has 0 rings (SSSR count). The van der Waals surface area contributed by atoms with Crippen molar-refractivity contribution in [3.05, 3.63) is 25.3 Å². The Morgan fingerprint density at radius 2 is 1.45 bits per heavy atom. The van der Waals surface area contributed by atoms with Gasteiger partial charge in [0.25, 0.3) is 0 Å². The van der Waals surface area contributed by atoms with E-state index < -0.39 is 0 Å². The van der Waals surface area contributed by atoms with Gasteiger partial charge in [-0.3, -0.25) is 10.6 Å². The summed E-state index contributed by atoms with van der Waals surface area (Å²) in [6.07, 6.45) is 3.11. The van der Waals surface area contributed by atoms with Gasteiger partial charge in [0.15, 0.2) is 0 Å². The minimum Gasteiger partial charge on any atom is -0.338 e. The molecule has 0 spiro atoms.